The number of benzene rings is 1. The van der Waals surface area contributed by atoms with Gasteiger partial charge in [0.05, 0.1) is 0 Å². The van der Waals surface area contributed by atoms with Crippen LogP contribution in [-0.4, -0.2) is 12.5 Å². The molecule has 0 saturated heterocycles. The monoisotopic (exact) mass is 293 g/mol. The highest BCUT2D eigenvalue weighted by atomic mass is 16.4. The second kappa shape index (κ2) is 5.78. The molecule has 0 radical (unpaired) electrons. The number of nitriles is 1. The Morgan fingerprint density at radius 2 is 2.05 bits per heavy atom. The van der Waals surface area contributed by atoms with E-state index in [9.17, 15) is 4.79 Å². The SMILES string of the molecule is N#C/C(=C/c1ccc(N2CCc3ccccc3C2)o1)C(N)=O. The van der Waals surface area contributed by atoms with Crippen molar-refractivity contribution in [3.05, 3.63) is 58.9 Å². The largest absolute Gasteiger partial charge is 0.441 e. The molecule has 1 aromatic carbocycles. The average molecular weight is 293 g/mol. The van der Waals surface area contributed by atoms with Crippen molar-refractivity contribution in [3.63, 3.8) is 0 Å². The maximum Gasteiger partial charge on any atom is 0.259 e. The molecule has 2 N–H and O–H groups in total. The fourth-order valence-corrected chi connectivity index (χ4v) is 2.57. The normalized spacial score (nSPS) is 14.3. The highest BCUT2D eigenvalue weighted by molar-refractivity contribution is 6.00. The molecule has 0 bridgehead atoms. The molecule has 0 fully saturated rings. The first-order chi connectivity index (χ1) is 10.7. The molecule has 110 valence electrons. The minimum Gasteiger partial charge on any atom is -0.441 e. The summed E-state index contributed by atoms with van der Waals surface area (Å²) in [7, 11) is 0. The number of carbonyl (C=O) groups is 1. The number of furan rings is 1. The fourth-order valence-electron chi connectivity index (χ4n) is 2.57. The van der Waals surface area contributed by atoms with Gasteiger partial charge in [0.1, 0.15) is 17.4 Å². The summed E-state index contributed by atoms with van der Waals surface area (Å²) in [5.74, 6) is 0.416. The van der Waals surface area contributed by atoms with E-state index in [1.165, 1.54) is 17.2 Å². The van der Waals surface area contributed by atoms with Gasteiger partial charge in [-0.2, -0.15) is 5.26 Å². The molecule has 1 aliphatic heterocycles. The van der Waals surface area contributed by atoms with Crippen molar-refractivity contribution in [1.82, 2.24) is 0 Å². The molecule has 0 atom stereocenters. The van der Waals surface area contributed by atoms with E-state index in [1.807, 2.05) is 12.1 Å². The molecule has 0 spiro atoms. The molecule has 1 amide bonds. The quantitative estimate of drug-likeness (QED) is 0.695. The Labute approximate surface area is 128 Å². The standard InChI is InChI=1S/C17H15N3O2/c18-10-14(17(19)21)9-15-5-6-16(22-15)20-8-7-12-3-1-2-4-13(12)11-20/h1-6,9H,7-8,11H2,(H2,19,21)/b14-9-. The Bertz CT molecular complexity index is 783. The second-order valence-corrected chi connectivity index (χ2v) is 5.15. The first-order valence-electron chi connectivity index (χ1n) is 7.00. The highest BCUT2D eigenvalue weighted by Gasteiger charge is 2.18. The number of hydrogen-bond donors (Lipinski definition) is 1. The molecule has 2 heterocycles. The van der Waals surface area contributed by atoms with Gasteiger partial charge in [-0.1, -0.05) is 24.3 Å². The minimum atomic E-state index is -0.757. The van der Waals surface area contributed by atoms with Gasteiger partial charge >= 0.3 is 0 Å². The summed E-state index contributed by atoms with van der Waals surface area (Å²) >= 11 is 0. The first-order valence-corrected chi connectivity index (χ1v) is 7.00. The van der Waals surface area contributed by atoms with Gasteiger partial charge in [-0.3, -0.25) is 4.79 Å². The molecular weight excluding hydrogens is 278 g/mol. The van der Waals surface area contributed by atoms with Crippen LogP contribution in [0.2, 0.25) is 0 Å². The van der Waals surface area contributed by atoms with Gasteiger partial charge in [-0.15, -0.1) is 0 Å². The summed E-state index contributed by atoms with van der Waals surface area (Å²) in [4.78, 5) is 13.2. The van der Waals surface area contributed by atoms with E-state index in [2.05, 4.69) is 23.1 Å². The van der Waals surface area contributed by atoms with Gasteiger partial charge in [0.2, 0.25) is 0 Å². The number of carbonyl (C=O) groups excluding carboxylic acids is 1. The Morgan fingerprint density at radius 3 is 2.77 bits per heavy atom. The average Bonchev–Trinajstić information content (AvgIpc) is 3.00. The van der Waals surface area contributed by atoms with Crippen LogP contribution >= 0.6 is 0 Å². The van der Waals surface area contributed by atoms with Gasteiger partial charge in [0.25, 0.3) is 5.91 Å². The summed E-state index contributed by atoms with van der Waals surface area (Å²) in [5, 5.41) is 8.85. The van der Waals surface area contributed by atoms with E-state index >= 15 is 0 Å². The molecule has 1 aliphatic rings. The van der Waals surface area contributed by atoms with Crippen LogP contribution < -0.4 is 10.6 Å². The first kappa shape index (κ1) is 14.0. The van der Waals surface area contributed by atoms with Crippen LogP contribution in [0.15, 0.2) is 46.4 Å². The van der Waals surface area contributed by atoms with Gasteiger partial charge < -0.3 is 15.1 Å². The molecule has 2 aromatic rings. The third kappa shape index (κ3) is 2.72. The van der Waals surface area contributed by atoms with Crippen molar-refractivity contribution in [2.24, 2.45) is 5.73 Å². The van der Waals surface area contributed by atoms with E-state index in [4.69, 9.17) is 15.4 Å². The molecule has 0 aliphatic carbocycles. The lowest BCUT2D eigenvalue weighted by Crippen LogP contribution is -2.29. The molecule has 5 heteroatoms. The number of hydrogen-bond acceptors (Lipinski definition) is 4. The summed E-state index contributed by atoms with van der Waals surface area (Å²) in [6, 6.07) is 13.7. The summed E-state index contributed by atoms with van der Waals surface area (Å²) in [5.41, 5.74) is 7.65. The van der Waals surface area contributed by atoms with E-state index in [1.54, 1.807) is 12.1 Å². The zero-order valence-electron chi connectivity index (χ0n) is 12.0. The predicted molar refractivity (Wildman–Crippen MR) is 82.7 cm³/mol. The van der Waals surface area contributed by atoms with E-state index in [0.717, 1.165) is 25.4 Å². The number of amides is 1. The zero-order chi connectivity index (χ0) is 15.5. The minimum absolute atomic E-state index is 0.120. The lowest BCUT2D eigenvalue weighted by molar-refractivity contribution is -0.114. The molecule has 0 saturated carbocycles. The van der Waals surface area contributed by atoms with Gasteiger partial charge in [-0.25, -0.2) is 0 Å². The summed E-state index contributed by atoms with van der Waals surface area (Å²) in [6.45, 7) is 1.66. The van der Waals surface area contributed by atoms with Crippen LogP contribution in [0.5, 0.6) is 0 Å². The number of nitrogens with two attached hydrogens (primary N) is 1. The van der Waals surface area contributed by atoms with Crippen molar-refractivity contribution < 1.29 is 9.21 Å². The van der Waals surface area contributed by atoms with E-state index in [-0.39, 0.29) is 5.57 Å². The Kier molecular flexibility index (Phi) is 3.67. The third-order valence-electron chi connectivity index (χ3n) is 3.73. The zero-order valence-corrected chi connectivity index (χ0v) is 12.0. The topological polar surface area (TPSA) is 83.3 Å². The molecule has 22 heavy (non-hydrogen) atoms. The lowest BCUT2D eigenvalue weighted by atomic mass is 10.0. The maximum absolute atomic E-state index is 11.1. The number of rotatable bonds is 3. The van der Waals surface area contributed by atoms with Gasteiger partial charge in [-0.05, 0) is 23.6 Å². The van der Waals surface area contributed by atoms with Crippen molar-refractivity contribution in [3.8, 4) is 6.07 Å². The number of primary amides is 1. The molecule has 3 rings (SSSR count). The van der Waals surface area contributed by atoms with Gasteiger partial charge in [0.15, 0.2) is 5.88 Å². The predicted octanol–water partition coefficient (Wildman–Crippen LogP) is 2.23. The lowest BCUT2D eigenvalue weighted by Gasteiger charge is -2.28. The van der Waals surface area contributed by atoms with Crippen LogP contribution in [-0.2, 0) is 17.8 Å². The van der Waals surface area contributed by atoms with Crippen LogP contribution in [0, 0.1) is 11.3 Å². The number of anilines is 1. The van der Waals surface area contributed by atoms with Crippen LogP contribution in [0.25, 0.3) is 6.08 Å². The Morgan fingerprint density at radius 1 is 1.27 bits per heavy atom. The van der Waals surface area contributed by atoms with E-state index < -0.39 is 5.91 Å². The Hall–Kier alpha value is -3.00. The maximum atomic E-state index is 11.1. The number of nitrogens with zero attached hydrogens (tertiary/aromatic N) is 2. The van der Waals surface area contributed by atoms with Crippen molar-refractivity contribution in [1.29, 1.82) is 5.26 Å². The van der Waals surface area contributed by atoms with Crippen LogP contribution in [0.4, 0.5) is 5.88 Å². The molecule has 1 aromatic heterocycles. The van der Waals surface area contributed by atoms with E-state index in [0.29, 0.717) is 5.76 Å². The molecule has 0 unspecified atom stereocenters. The fraction of sp³-hybridized carbons (Fsp3) is 0.176. The van der Waals surface area contributed by atoms with Crippen LogP contribution in [0.1, 0.15) is 16.9 Å². The van der Waals surface area contributed by atoms with Crippen molar-refractivity contribution >= 4 is 17.9 Å². The highest BCUT2D eigenvalue weighted by Crippen LogP contribution is 2.26. The summed E-state index contributed by atoms with van der Waals surface area (Å²) in [6.07, 6.45) is 2.33. The Balaban J connectivity index is 1.81. The van der Waals surface area contributed by atoms with Crippen LogP contribution in [0.3, 0.4) is 0 Å². The molecular formula is C17H15N3O2. The molecule has 5 nitrogen and oxygen atoms in total. The van der Waals surface area contributed by atoms with Crippen molar-refractivity contribution in [2.75, 3.05) is 11.4 Å². The van der Waals surface area contributed by atoms with Gasteiger partial charge in [0, 0.05) is 25.2 Å². The smallest absolute Gasteiger partial charge is 0.259 e. The summed E-state index contributed by atoms with van der Waals surface area (Å²) < 4.78 is 5.71. The second-order valence-electron chi connectivity index (χ2n) is 5.15. The van der Waals surface area contributed by atoms with Crippen molar-refractivity contribution in [2.45, 2.75) is 13.0 Å². The third-order valence-corrected chi connectivity index (χ3v) is 3.73. The number of fused-ring (bicyclic) bond motifs is 1.